The van der Waals surface area contributed by atoms with Crippen molar-refractivity contribution in [2.45, 2.75) is 20.3 Å². The number of rotatable bonds is 5. The van der Waals surface area contributed by atoms with Gasteiger partial charge in [-0.2, -0.15) is 0 Å². The van der Waals surface area contributed by atoms with Crippen LogP contribution in [0.1, 0.15) is 23.7 Å². The molecule has 0 aromatic carbocycles. The number of aromatic nitrogens is 1. The van der Waals surface area contributed by atoms with Crippen molar-refractivity contribution in [2.24, 2.45) is 0 Å². The molecule has 0 N–H and O–H groups in total. The number of carbonyl (C=O) groups excluding carboxylic acids is 1. The van der Waals surface area contributed by atoms with E-state index in [1.165, 1.54) is 0 Å². The van der Waals surface area contributed by atoms with Crippen molar-refractivity contribution >= 4 is 12.0 Å². The Kier molecular flexibility index (Phi) is 4.03. The van der Waals surface area contributed by atoms with E-state index < -0.39 is 0 Å². The molecule has 1 rings (SSSR count). The number of aryl methyl sites for hydroxylation is 1. The maximum absolute atomic E-state index is 10.5. The molecule has 0 atom stereocenters. The van der Waals surface area contributed by atoms with Crippen LogP contribution >= 0.6 is 0 Å². The van der Waals surface area contributed by atoms with Crippen LogP contribution < -0.4 is 0 Å². The van der Waals surface area contributed by atoms with E-state index in [1.807, 2.05) is 19.9 Å². The molecule has 1 aromatic rings. The zero-order valence-corrected chi connectivity index (χ0v) is 9.12. The number of hydrogen-bond acceptors (Lipinski definition) is 3. The molecule has 0 aliphatic carbocycles. The zero-order valence-electron chi connectivity index (χ0n) is 9.12. The van der Waals surface area contributed by atoms with E-state index in [-0.39, 0.29) is 0 Å². The molecule has 0 fully saturated rings. The van der Waals surface area contributed by atoms with Crippen LogP contribution in [0, 0.1) is 6.92 Å². The number of carbonyl (C=O) groups is 1. The summed E-state index contributed by atoms with van der Waals surface area (Å²) >= 11 is 0. The van der Waals surface area contributed by atoms with Crippen molar-refractivity contribution in [3.8, 4) is 0 Å². The fourth-order valence-electron chi connectivity index (χ4n) is 1.37. The molecular formula is C12H15NO2. The highest BCUT2D eigenvalue weighted by Crippen LogP contribution is 2.17. The normalized spacial score (nSPS) is 9.73. The molecule has 0 spiro atoms. The van der Waals surface area contributed by atoms with Gasteiger partial charge in [-0.3, -0.25) is 4.98 Å². The van der Waals surface area contributed by atoms with Crippen LogP contribution in [0.5, 0.6) is 0 Å². The predicted molar refractivity (Wildman–Crippen MR) is 59.4 cm³/mol. The number of aldehydes is 1. The van der Waals surface area contributed by atoms with Gasteiger partial charge in [0, 0.05) is 12.6 Å². The van der Waals surface area contributed by atoms with Crippen LogP contribution in [0.2, 0.25) is 0 Å². The molecule has 0 saturated heterocycles. The number of nitrogens with zero attached hydrogens (tertiary/aromatic N) is 1. The van der Waals surface area contributed by atoms with Crippen molar-refractivity contribution in [2.75, 3.05) is 6.61 Å². The van der Waals surface area contributed by atoms with Crippen molar-refractivity contribution in [3.63, 3.8) is 0 Å². The zero-order chi connectivity index (χ0) is 11.3. The number of hydrogen-bond donors (Lipinski definition) is 0. The third kappa shape index (κ3) is 2.91. The second-order valence-corrected chi connectivity index (χ2v) is 3.25. The molecule has 0 bridgehead atoms. The Bertz CT molecular complexity index is 372. The highest BCUT2D eigenvalue weighted by molar-refractivity contribution is 5.64. The fourth-order valence-corrected chi connectivity index (χ4v) is 1.37. The summed E-state index contributed by atoms with van der Waals surface area (Å²) in [6, 6.07) is 1.93. The smallest absolute Gasteiger partial charge is 0.138 e. The predicted octanol–water partition coefficient (Wildman–Crippen LogP) is 2.14. The molecule has 1 heterocycles. The van der Waals surface area contributed by atoms with Crippen molar-refractivity contribution in [1.82, 2.24) is 4.98 Å². The van der Waals surface area contributed by atoms with Crippen molar-refractivity contribution < 1.29 is 9.53 Å². The monoisotopic (exact) mass is 205 g/mol. The van der Waals surface area contributed by atoms with E-state index in [0.717, 1.165) is 17.4 Å². The topological polar surface area (TPSA) is 39.2 Å². The molecular weight excluding hydrogens is 190 g/mol. The van der Waals surface area contributed by atoms with Crippen molar-refractivity contribution in [3.05, 3.63) is 35.7 Å². The first kappa shape index (κ1) is 11.4. The minimum atomic E-state index is 0.343. The molecule has 80 valence electrons. The van der Waals surface area contributed by atoms with E-state index in [9.17, 15) is 4.79 Å². The first-order chi connectivity index (χ1) is 7.19. The highest BCUT2D eigenvalue weighted by atomic mass is 16.5. The Hall–Kier alpha value is -1.64. The van der Waals surface area contributed by atoms with Crippen molar-refractivity contribution in [1.29, 1.82) is 0 Å². The fraction of sp³-hybridized carbons (Fsp3) is 0.333. The van der Waals surface area contributed by atoms with Gasteiger partial charge in [0.1, 0.15) is 17.7 Å². The van der Waals surface area contributed by atoms with Gasteiger partial charge >= 0.3 is 0 Å². The molecule has 15 heavy (non-hydrogen) atoms. The van der Waals surface area contributed by atoms with Gasteiger partial charge in [-0.25, -0.2) is 0 Å². The summed E-state index contributed by atoms with van der Waals surface area (Å²) in [7, 11) is 0. The average Bonchev–Trinajstić information content (AvgIpc) is 2.18. The van der Waals surface area contributed by atoms with Crippen LogP contribution in [-0.2, 0) is 16.0 Å². The Balaban J connectivity index is 3.04. The maximum atomic E-state index is 10.5. The molecule has 3 heteroatoms. The largest absolute Gasteiger partial charge is 0.492 e. The SMILES string of the molecule is C=C(OCC)c1ncc(C)cc1CC=O. The molecule has 3 nitrogen and oxygen atoms in total. The van der Waals surface area contributed by atoms with Crippen LogP contribution in [-0.4, -0.2) is 17.9 Å². The number of ether oxygens (including phenoxy) is 1. The third-order valence-corrected chi connectivity index (χ3v) is 1.99. The molecule has 1 aromatic heterocycles. The second-order valence-electron chi connectivity index (χ2n) is 3.25. The van der Waals surface area contributed by atoms with Gasteiger partial charge in [0.15, 0.2) is 0 Å². The van der Waals surface area contributed by atoms with Gasteiger partial charge in [0.2, 0.25) is 0 Å². The summed E-state index contributed by atoms with van der Waals surface area (Å²) in [6.45, 7) is 8.16. The summed E-state index contributed by atoms with van der Waals surface area (Å²) in [5.41, 5.74) is 2.57. The Morgan fingerprint density at radius 3 is 3.00 bits per heavy atom. The molecule has 0 aliphatic rings. The van der Waals surface area contributed by atoms with E-state index >= 15 is 0 Å². The molecule has 0 aliphatic heterocycles. The lowest BCUT2D eigenvalue weighted by Crippen LogP contribution is -2.01. The molecule has 0 unspecified atom stereocenters. The van der Waals surface area contributed by atoms with Crippen LogP contribution in [0.25, 0.3) is 5.76 Å². The summed E-state index contributed by atoms with van der Waals surface area (Å²) < 4.78 is 5.28. The lowest BCUT2D eigenvalue weighted by molar-refractivity contribution is -0.107. The van der Waals surface area contributed by atoms with Gasteiger partial charge in [0.25, 0.3) is 0 Å². The minimum Gasteiger partial charge on any atom is -0.492 e. The van der Waals surface area contributed by atoms with Gasteiger partial charge in [-0.1, -0.05) is 12.6 Å². The number of pyridine rings is 1. The first-order valence-electron chi connectivity index (χ1n) is 4.90. The lowest BCUT2D eigenvalue weighted by Gasteiger charge is -2.10. The Morgan fingerprint density at radius 1 is 1.67 bits per heavy atom. The first-order valence-corrected chi connectivity index (χ1v) is 4.90. The summed E-state index contributed by atoms with van der Waals surface area (Å²) in [5, 5.41) is 0. The maximum Gasteiger partial charge on any atom is 0.138 e. The van der Waals surface area contributed by atoms with Crippen LogP contribution in [0.15, 0.2) is 18.8 Å². The van der Waals surface area contributed by atoms with Crippen LogP contribution in [0.4, 0.5) is 0 Å². The Labute approximate surface area is 89.8 Å². The van der Waals surface area contributed by atoms with Gasteiger partial charge < -0.3 is 9.53 Å². The van der Waals surface area contributed by atoms with E-state index in [4.69, 9.17) is 4.74 Å². The summed E-state index contributed by atoms with van der Waals surface area (Å²) in [6.07, 6.45) is 2.95. The molecule has 0 saturated carbocycles. The second kappa shape index (κ2) is 5.29. The average molecular weight is 205 g/mol. The van der Waals surface area contributed by atoms with Gasteiger partial charge in [-0.15, -0.1) is 0 Å². The quantitative estimate of drug-likeness (QED) is 0.546. The van der Waals surface area contributed by atoms with Gasteiger partial charge in [0.05, 0.1) is 6.61 Å². The summed E-state index contributed by atoms with van der Waals surface area (Å²) in [5.74, 6) is 0.523. The minimum absolute atomic E-state index is 0.343. The Morgan fingerprint density at radius 2 is 2.40 bits per heavy atom. The summed E-state index contributed by atoms with van der Waals surface area (Å²) in [4.78, 5) is 14.8. The van der Waals surface area contributed by atoms with Gasteiger partial charge in [-0.05, 0) is 25.0 Å². The standard InChI is InChI=1S/C12H15NO2/c1-4-15-10(3)12-11(5-6-14)7-9(2)8-13-12/h6-8H,3-5H2,1-2H3. The van der Waals surface area contributed by atoms with Crippen LogP contribution in [0.3, 0.4) is 0 Å². The third-order valence-electron chi connectivity index (χ3n) is 1.99. The molecule has 0 radical (unpaired) electrons. The highest BCUT2D eigenvalue weighted by Gasteiger charge is 2.08. The van der Waals surface area contributed by atoms with E-state index in [0.29, 0.717) is 24.5 Å². The molecule has 0 amide bonds. The van der Waals surface area contributed by atoms with E-state index in [2.05, 4.69) is 11.6 Å². The van der Waals surface area contributed by atoms with E-state index in [1.54, 1.807) is 6.20 Å². The lowest BCUT2D eigenvalue weighted by atomic mass is 10.1.